The molecule has 4 aromatic rings. The van der Waals surface area contributed by atoms with Crippen molar-refractivity contribution in [1.82, 2.24) is 33.6 Å². The van der Waals surface area contributed by atoms with Crippen molar-refractivity contribution in [3.05, 3.63) is 52.4 Å². The summed E-state index contributed by atoms with van der Waals surface area (Å²) >= 11 is 3.63. The number of hydrogen-bond acceptors (Lipinski definition) is 8. The summed E-state index contributed by atoms with van der Waals surface area (Å²) in [7, 11) is -1.13. The molecule has 2 saturated heterocycles. The van der Waals surface area contributed by atoms with E-state index in [0.717, 1.165) is 70.2 Å². The Morgan fingerprint density at radius 2 is 1.91 bits per heavy atom. The molecule has 0 unspecified atom stereocenters. The van der Waals surface area contributed by atoms with Gasteiger partial charge in [0, 0.05) is 79.8 Å². The number of anilines is 2. The minimum Gasteiger partial charge on any atom is -0.378 e. The Morgan fingerprint density at radius 1 is 1.13 bits per heavy atom. The van der Waals surface area contributed by atoms with Crippen LogP contribution in [-0.4, -0.2) is 113 Å². The molecule has 0 spiro atoms. The SMILES string of the molecule is CCS(=O)(=O)N1CC[C@H](Nc2c(Br)cnc3nc(-c4cc(C)n(-c5cccc(NC(=O)CN6CCN(C)CC6)c5)c4C)[nH]c23)C1. The molecule has 1 aromatic carbocycles. The number of rotatable bonds is 9. The van der Waals surface area contributed by atoms with Crippen LogP contribution in [0.3, 0.4) is 0 Å². The van der Waals surface area contributed by atoms with E-state index in [1.807, 2.05) is 24.3 Å². The number of H-pyrrole nitrogens is 1. The summed E-state index contributed by atoms with van der Waals surface area (Å²) < 4.78 is 29.3. The zero-order chi connectivity index (χ0) is 31.9. The quantitative estimate of drug-likeness (QED) is 0.241. The molecule has 2 aliphatic heterocycles. The van der Waals surface area contributed by atoms with Gasteiger partial charge in [0.1, 0.15) is 11.3 Å². The molecule has 0 bridgehead atoms. The van der Waals surface area contributed by atoms with Gasteiger partial charge in [0.2, 0.25) is 15.9 Å². The molecular formula is C31H40BrN9O3S. The summed E-state index contributed by atoms with van der Waals surface area (Å²) in [6.07, 6.45) is 2.44. The molecule has 0 radical (unpaired) electrons. The molecule has 6 rings (SSSR count). The topological polar surface area (TPSA) is 131 Å². The van der Waals surface area contributed by atoms with E-state index < -0.39 is 10.0 Å². The number of aryl methyl sites for hydroxylation is 1. The highest BCUT2D eigenvalue weighted by atomic mass is 79.9. The summed E-state index contributed by atoms with van der Waals surface area (Å²) in [4.78, 5) is 30.2. The summed E-state index contributed by atoms with van der Waals surface area (Å²) in [6, 6.07) is 9.96. The number of halogens is 1. The van der Waals surface area contributed by atoms with E-state index in [0.29, 0.717) is 37.5 Å². The lowest BCUT2D eigenvalue weighted by Crippen LogP contribution is -2.47. The molecule has 1 amide bonds. The third kappa shape index (κ3) is 6.66. The van der Waals surface area contributed by atoms with Crippen LogP contribution >= 0.6 is 15.9 Å². The van der Waals surface area contributed by atoms with E-state index in [2.05, 4.69) is 77.9 Å². The molecule has 1 atom stereocenters. The largest absolute Gasteiger partial charge is 0.378 e. The van der Waals surface area contributed by atoms with Crippen LogP contribution in [0.2, 0.25) is 0 Å². The lowest BCUT2D eigenvalue weighted by molar-refractivity contribution is -0.117. The molecule has 2 fully saturated rings. The number of likely N-dealkylation sites (N-methyl/N-ethyl adjacent to an activating group) is 1. The number of aromatic nitrogens is 4. The van der Waals surface area contributed by atoms with Crippen LogP contribution < -0.4 is 10.6 Å². The minimum atomic E-state index is -3.23. The zero-order valence-electron chi connectivity index (χ0n) is 26.1. The molecule has 14 heteroatoms. The van der Waals surface area contributed by atoms with Gasteiger partial charge in [0.25, 0.3) is 0 Å². The maximum absolute atomic E-state index is 12.8. The van der Waals surface area contributed by atoms with Gasteiger partial charge < -0.3 is 25.1 Å². The second kappa shape index (κ2) is 12.8. The van der Waals surface area contributed by atoms with Crippen LogP contribution in [0.15, 0.2) is 41.0 Å². The molecule has 2 aliphatic rings. The number of amides is 1. The number of carbonyl (C=O) groups excluding carboxylic acids is 1. The van der Waals surface area contributed by atoms with E-state index in [1.165, 1.54) is 0 Å². The Kier molecular flexibility index (Phi) is 9.03. The number of fused-ring (bicyclic) bond motifs is 1. The van der Waals surface area contributed by atoms with Gasteiger partial charge in [-0.25, -0.2) is 18.4 Å². The van der Waals surface area contributed by atoms with Crippen molar-refractivity contribution in [3.63, 3.8) is 0 Å². The van der Waals surface area contributed by atoms with Gasteiger partial charge in [-0.05, 0) is 74.4 Å². The van der Waals surface area contributed by atoms with Crippen LogP contribution in [0, 0.1) is 13.8 Å². The monoisotopic (exact) mass is 697 g/mol. The van der Waals surface area contributed by atoms with Crippen molar-refractivity contribution in [2.75, 3.05) is 69.2 Å². The van der Waals surface area contributed by atoms with Gasteiger partial charge in [-0.15, -0.1) is 0 Å². The highest BCUT2D eigenvalue weighted by Gasteiger charge is 2.31. The number of sulfonamides is 1. The Bertz CT molecular complexity index is 1830. The average molecular weight is 699 g/mol. The van der Waals surface area contributed by atoms with Crippen LogP contribution in [0.5, 0.6) is 0 Å². The zero-order valence-corrected chi connectivity index (χ0v) is 28.5. The van der Waals surface area contributed by atoms with Crippen LogP contribution in [0.25, 0.3) is 28.2 Å². The third-order valence-electron chi connectivity index (χ3n) is 8.77. The lowest BCUT2D eigenvalue weighted by atomic mass is 10.2. The van der Waals surface area contributed by atoms with E-state index in [4.69, 9.17) is 4.98 Å². The van der Waals surface area contributed by atoms with Crippen molar-refractivity contribution >= 4 is 54.4 Å². The fraction of sp³-hybridized carbons (Fsp3) is 0.452. The predicted molar refractivity (Wildman–Crippen MR) is 181 cm³/mol. The first-order chi connectivity index (χ1) is 21.5. The van der Waals surface area contributed by atoms with Crippen molar-refractivity contribution in [2.45, 2.75) is 33.2 Å². The fourth-order valence-corrected chi connectivity index (χ4v) is 7.79. The minimum absolute atomic E-state index is 0.0130. The lowest BCUT2D eigenvalue weighted by Gasteiger charge is -2.31. The highest BCUT2D eigenvalue weighted by Crippen LogP contribution is 2.35. The number of nitrogens with one attached hydrogen (secondary N) is 3. The molecule has 12 nitrogen and oxygen atoms in total. The summed E-state index contributed by atoms with van der Waals surface area (Å²) in [5.41, 5.74) is 6.81. The first-order valence-corrected chi connectivity index (χ1v) is 17.7. The van der Waals surface area contributed by atoms with Crippen LogP contribution in [0.4, 0.5) is 11.4 Å². The standard InChI is InChI=1S/C31H40BrN9O3S/c1-5-45(43,44)40-10-9-23(18-40)35-28-26(32)17-33-31-29(28)36-30(37-31)25-15-20(2)41(21(25)3)24-8-6-7-22(16-24)34-27(42)19-39-13-11-38(4)12-14-39/h6-8,15-17,23H,5,9-14,18-19H2,1-4H3,(H,34,42)(H2,33,35,36,37)/t23-/m0/s1. The smallest absolute Gasteiger partial charge is 0.238 e. The summed E-state index contributed by atoms with van der Waals surface area (Å²) in [5, 5.41) is 6.62. The van der Waals surface area contributed by atoms with Gasteiger partial charge in [0.15, 0.2) is 5.65 Å². The molecule has 0 aliphatic carbocycles. The van der Waals surface area contributed by atoms with Gasteiger partial charge in [-0.1, -0.05) is 6.07 Å². The van der Waals surface area contributed by atoms with E-state index in [1.54, 1.807) is 17.4 Å². The van der Waals surface area contributed by atoms with Gasteiger partial charge >= 0.3 is 0 Å². The Morgan fingerprint density at radius 3 is 2.67 bits per heavy atom. The molecule has 5 heterocycles. The highest BCUT2D eigenvalue weighted by molar-refractivity contribution is 9.10. The molecular weight excluding hydrogens is 658 g/mol. The van der Waals surface area contributed by atoms with E-state index in [9.17, 15) is 13.2 Å². The van der Waals surface area contributed by atoms with Gasteiger partial charge in [-0.2, -0.15) is 4.31 Å². The van der Waals surface area contributed by atoms with Gasteiger partial charge in [0.05, 0.1) is 22.5 Å². The first-order valence-electron chi connectivity index (χ1n) is 15.3. The number of benzene rings is 1. The normalized spacial score (nSPS) is 18.6. The maximum atomic E-state index is 12.8. The van der Waals surface area contributed by atoms with E-state index in [-0.39, 0.29) is 17.7 Å². The Labute approximate surface area is 272 Å². The number of aromatic amines is 1. The molecule has 45 heavy (non-hydrogen) atoms. The molecule has 240 valence electrons. The number of imidazole rings is 1. The average Bonchev–Trinajstić information content (AvgIpc) is 3.73. The van der Waals surface area contributed by atoms with Crippen molar-refractivity contribution in [3.8, 4) is 17.1 Å². The Hall–Kier alpha value is -3.30. The molecule has 3 aromatic heterocycles. The molecule has 3 N–H and O–H groups in total. The van der Waals surface area contributed by atoms with E-state index >= 15 is 0 Å². The number of nitrogens with zero attached hydrogens (tertiary/aromatic N) is 6. The second-order valence-electron chi connectivity index (χ2n) is 12.0. The second-order valence-corrected chi connectivity index (χ2v) is 15.1. The third-order valence-corrected chi connectivity index (χ3v) is 11.2. The number of carbonyl (C=O) groups is 1. The van der Waals surface area contributed by atoms with Crippen LogP contribution in [0.1, 0.15) is 24.7 Å². The molecule has 0 saturated carbocycles. The van der Waals surface area contributed by atoms with Crippen LogP contribution in [-0.2, 0) is 14.8 Å². The Balaban J connectivity index is 1.22. The number of pyridine rings is 1. The van der Waals surface area contributed by atoms with Crippen molar-refractivity contribution in [1.29, 1.82) is 0 Å². The van der Waals surface area contributed by atoms with Crippen molar-refractivity contribution < 1.29 is 13.2 Å². The summed E-state index contributed by atoms with van der Waals surface area (Å²) in [6.45, 7) is 10.8. The first kappa shape index (κ1) is 31.7. The number of piperazine rings is 1. The maximum Gasteiger partial charge on any atom is 0.238 e. The number of hydrogen-bond donors (Lipinski definition) is 3. The fourth-order valence-electron chi connectivity index (χ4n) is 6.22. The van der Waals surface area contributed by atoms with Gasteiger partial charge in [-0.3, -0.25) is 9.69 Å². The predicted octanol–water partition coefficient (Wildman–Crippen LogP) is 3.82. The van der Waals surface area contributed by atoms with Crippen molar-refractivity contribution in [2.24, 2.45) is 0 Å². The summed E-state index contributed by atoms with van der Waals surface area (Å²) in [5.74, 6) is 0.776.